The Morgan fingerprint density at radius 3 is 2.61 bits per heavy atom. The lowest BCUT2D eigenvalue weighted by atomic mass is 10.1. The van der Waals surface area contributed by atoms with Gasteiger partial charge in [0.05, 0.1) is 5.69 Å². The normalized spacial score (nSPS) is 13.0. The molecule has 0 spiro atoms. The molecule has 1 rings (SSSR count). The van der Waals surface area contributed by atoms with Gasteiger partial charge in [0.1, 0.15) is 0 Å². The van der Waals surface area contributed by atoms with Crippen molar-refractivity contribution in [2.24, 2.45) is 5.92 Å². The third-order valence-corrected chi connectivity index (χ3v) is 3.22. The van der Waals surface area contributed by atoms with Crippen molar-refractivity contribution in [2.75, 3.05) is 11.9 Å². The first-order chi connectivity index (χ1) is 8.54. The summed E-state index contributed by atoms with van der Waals surface area (Å²) in [4.78, 5) is 4.58. The molecular formula is C15H29N3. The van der Waals surface area contributed by atoms with Gasteiger partial charge >= 0.3 is 0 Å². The van der Waals surface area contributed by atoms with Crippen LogP contribution in [0.25, 0.3) is 0 Å². The van der Waals surface area contributed by atoms with Crippen LogP contribution < -0.4 is 5.32 Å². The van der Waals surface area contributed by atoms with Crippen molar-refractivity contribution in [3.8, 4) is 0 Å². The van der Waals surface area contributed by atoms with Gasteiger partial charge in [-0.2, -0.15) is 0 Å². The highest BCUT2D eigenvalue weighted by molar-refractivity contribution is 5.29. The number of imidazole rings is 1. The number of rotatable bonds is 8. The Labute approximate surface area is 112 Å². The Kier molecular flexibility index (Phi) is 6.23. The fraction of sp³-hybridized carbons (Fsp3) is 0.800. The summed E-state index contributed by atoms with van der Waals surface area (Å²) in [6.45, 7) is 12.0. The van der Waals surface area contributed by atoms with Crippen molar-refractivity contribution in [1.29, 1.82) is 0 Å². The predicted octanol–water partition coefficient (Wildman–Crippen LogP) is 4.40. The van der Waals surface area contributed by atoms with Crippen LogP contribution in [0, 0.1) is 12.8 Å². The van der Waals surface area contributed by atoms with Crippen LogP contribution in [0.3, 0.4) is 0 Å². The Balaban J connectivity index is 2.62. The molecular weight excluding hydrogens is 222 g/mol. The van der Waals surface area contributed by atoms with Crippen molar-refractivity contribution in [2.45, 2.75) is 66.3 Å². The maximum atomic E-state index is 4.58. The summed E-state index contributed by atoms with van der Waals surface area (Å²) in [7, 11) is 0. The first kappa shape index (κ1) is 15.1. The number of unbranched alkanes of at least 4 members (excludes halogenated alkanes) is 2. The Hall–Kier alpha value is -0.990. The lowest BCUT2D eigenvalue weighted by molar-refractivity contribution is 0.479. The third kappa shape index (κ3) is 4.71. The Morgan fingerprint density at radius 1 is 1.28 bits per heavy atom. The first-order valence-electron chi connectivity index (χ1n) is 7.34. The molecule has 0 aromatic carbocycles. The zero-order chi connectivity index (χ0) is 13.5. The molecule has 0 fully saturated rings. The first-order valence-corrected chi connectivity index (χ1v) is 7.34. The SMILES string of the molecule is CCCCCC(C)n1cc(C)nc1NCC(C)C. The van der Waals surface area contributed by atoms with Crippen molar-refractivity contribution < 1.29 is 0 Å². The van der Waals surface area contributed by atoms with Crippen molar-refractivity contribution in [1.82, 2.24) is 9.55 Å². The summed E-state index contributed by atoms with van der Waals surface area (Å²) in [6.07, 6.45) is 7.32. The van der Waals surface area contributed by atoms with Gasteiger partial charge in [-0.3, -0.25) is 0 Å². The maximum absolute atomic E-state index is 4.58. The fourth-order valence-electron chi connectivity index (χ4n) is 2.11. The maximum Gasteiger partial charge on any atom is 0.203 e. The van der Waals surface area contributed by atoms with E-state index in [2.05, 4.69) is 55.7 Å². The molecule has 1 aromatic rings. The minimum absolute atomic E-state index is 0.535. The highest BCUT2D eigenvalue weighted by Gasteiger charge is 2.11. The van der Waals surface area contributed by atoms with E-state index in [1.165, 1.54) is 25.7 Å². The minimum atomic E-state index is 0.535. The van der Waals surface area contributed by atoms with Gasteiger partial charge in [0.2, 0.25) is 5.95 Å². The molecule has 1 N–H and O–H groups in total. The third-order valence-electron chi connectivity index (χ3n) is 3.22. The van der Waals surface area contributed by atoms with Gasteiger partial charge in [-0.1, -0.05) is 40.0 Å². The van der Waals surface area contributed by atoms with Crippen LogP contribution in [0.2, 0.25) is 0 Å². The van der Waals surface area contributed by atoms with Gasteiger partial charge < -0.3 is 9.88 Å². The second-order valence-corrected chi connectivity index (χ2v) is 5.73. The molecule has 0 bridgehead atoms. The van der Waals surface area contributed by atoms with Crippen LogP contribution >= 0.6 is 0 Å². The van der Waals surface area contributed by atoms with Crippen molar-refractivity contribution in [3.63, 3.8) is 0 Å². The van der Waals surface area contributed by atoms with E-state index in [1.54, 1.807) is 0 Å². The molecule has 1 aromatic heterocycles. The van der Waals surface area contributed by atoms with Gasteiger partial charge in [0, 0.05) is 18.8 Å². The van der Waals surface area contributed by atoms with Gasteiger partial charge in [-0.05, 0) is 26.2 Å². The minimum Gasteiger partial charge on any atom is -0.355 e. The van der Waals surface area contributed by atoms with Gasteiger partial charge in [0.25, 0.3) is 0 Å². The summed E-state index contributed by atoms with van der Waals surface area (Å²) in [5.41, 5.74) is 1.10. The Morgan fingerprint density at radius 2 is 2.00 bits per heavy atom. The number of aromatic nitrogens is 2. The van der Waals surface area contributed by atoms with Crippen LogP contribution in [0.5, 0.6) is 0 Å². The topological polar surface area (TPSA) is 29.9 Å². The van der Waals surface area contributed by atoms with E-state index < -0.39 is 0 Å². The molecule has 0 saturated carbocycles. The zero-order valence-corrected chi connectivity index (χ0v) is 12.7. The van der Waals surface area contributed by atoms with Gasteiger partial charge in [-0.15, -0.1) is 0 Å². The molecule has 0 aliphatic rings. The van der Waals surface area contributed by atoms with Crippen molar-refractivity contribution in [3.05, 3.63) is 11.9 Å². The molecule has 0 aliphatic carbocycles. The molecule has 0 saturated heterocycles. The van der Waals surface area contributed by atoms with Crippen LogP contribution in [0.15, 0.2) is 6.20 Å². The summed E-state index contributed by atoms with van der Waals surface area (Å²) >= 11 is 0. The lowest BCUT2D eigenvalue weighted by Crippen LogP contribution is -2.14. The summed E-state index contributed by atoms with van der Waals surface area (Å²) in [5, 5.41) is 3.46. The predicted molar refractivity (Wildman–Crippen MR) is 79.1 cm³/mol. The molecule has 104 valence electrons. The Bertz CT molecular complexity index is 342. The molecule has 1 heterocycles. The number of anilines is 1. The molecule has 3 heteroatoms. The van der Waals surface area contributed by atoms with Crippen LogP contribution in [0.4, 0.5) is 5.95 Å². The van der Waals surface area contributed by atoms with E-state index in [0.29, 0.717) is 12.0 Å². The zero-order valence-electron chi connectivity index (χ0n) is 12.7. The molecule has 0 amide bonds. The van der Waals surface area contributed by atoms with E-state index in [0.717, 1.165) is 18.2 Å². The van der Waals surface area contributed by atoms with E-state index in [-0.39, 0.29) is 0 Å². The summed E-state index contributed by atoms with van der Waals surface area (Å²) < 4.78 is 2.30. The number of nitrogens with zero attached hydrogens (tertiary/aromatic N) is 2. The van der Waals surface area contributed by atoms with Crippen LogP contribution in [-0.4, -0.2) is 16.1 Å². The number of aryl methyl sites for hydroxylation is 1. The molecule has 1 unspecified atom stereocenters. The van der Waals surface area contributed by atoms with Crippen LogP contribution in [-0.2, 0) is 0 Å². The average Bonchev–Trinajstić information content (AvgIpc) is 2.68. The number of hydrogen-bond acceptors (Lipinski definition) is 2. The second-order valence-electron chi connectivity index (χ2n) is 5.73. The fourth-order valence-corrected chi connectivity index (χ4v) is 2.11. The second kappa shape index (κ2) is 7.45. The van der Waals surface area contributed by atoms with E-state index in [1.807, 2.05) is 0 Å². The van der Waals surface area contributed by atoms with Crippen molar-refractivity contribution >= 4 is 5.95 Å². The molecule has 3 nitrogen and oxygen atoms in total. The highest BCUT2D eigenvalue weighted by Crippen LogP contribution is 2.21. The quantitative estimate of drug-likeness (QED) is 0.694. The summed E-state index contributed by atoms with van der Waals surface area (Å²) in [5.74, 6) is 1.68. The monoisotopic (exact) mass is 251 g/mol. The number of nitrogens with one attached hydrogen (secondary N) is 1. The standard InChI is InChI=1S/C15H29N3/c1-6-7-8-9-14(5)18-11-13(4)17-15(18)16-10-12(2)3/h11-12,14H,6-10H2,1-5H3,(H,16,17). The number of hydrogen-bond donors (Lipinski definition) is 1. The summed E-state index contributed by atoms with van der Waals surface area (Å²) in [6, 6.07) is 0.535. The molecule has 0 aliphatic heterocycles. The smallest absolute Gasteiger partial charge is 0.203 e. The molecule has 1 atom stereocenters. The average molecular weight is 251 g/mol. The van der Waals surface area contributed by atoms with Gasteiger partial charge in [-0.25, -0.2) is 4.98 Å². The largest absolute Gasteiger partial charge is 0.355 e. The molecule has 0 radical (unpaired) electrons. The van der Waals surface area contributed by atoms with E-state index >= 15 is 0 Å². The van der Waals surface area contributed by atoms with Crippen LogP contribution in [0.1, 0.15) is 65.1 Å². The van der Waals surface area contributed by atoms with E-state index in [9.17, 15) is 0 Å². The lowest BCUT2D eigenvalue weighted by Gasteiger charge is -2.17. The molecule has 18 heavy (non-hydrogen) atoms. The van der Waals surface area contributed by atoms with Gasteiger partial charge in [0.15, 0.2) is 0 Å². The van der Waals surface area contributed by atoms with E-state index in [4.69, 9.17) is 0 Å². The highest BCUT2D eigenvalue weighted by atomic mass is 15.2.